The predicted octanol–water partition coefficient (Wildman–Crippen LogP) is 2.32. The van der Waals surface area contributed by atoms with Gasteiger partial charge in [0.1, 0.15) is 23.0 Å². The highest BCUT2D eigenvalue weighted by Gasteiger charge is 2.27. The molecule has 0 saturated carbocycles. The maximum atomic E-state index is 12.5. The summed E-state index contributed by atoms with van der Waals surface area (Å²) in [6.07, 6.45) is 3.55. The van der Waals surface area contributed by atoms with Gasteiger partial charge in [0.25, 0.3) is 5.91 Å². The Morgan fingerprint density at radius 1 is 1.39 bits per heavy atom. The third kappa shape index (κ3) is 3.30. The Morgan fingerprint density at radius 3 is 2.52 bits per heavy atom. The Hall–Kier alpha value is -2.52. The molecule has 0 bridgehead atoms. The molecule has 0 aromatic carbocycles. The van der Waals surface area contributed by atoms with Crippen molar-refractivity contribution >= 4 is 5.91 Å². The summed E-state index contributed by atoms with van der Waals surface area (Å²) in [6, 6.07) is 5.75. The maximum absolute atomic E-state index is 12.5. The number of carbonyl (C=O) groups excluding carboxylic acids is 1. The van der Waals surface area contributed by atoms with Crippen LogP contribution in [0.15, 0.2) is 28.9 Å². The molecule has 6 heteroatoms. The molecule has 0 aliphatic rings. The molecule has 2 rings (SSSR count). The monoisotopic (exact) mass is 314 g/mol. The fraction of sp³-hybridized carbons (Fsp3) is 0.412. The number of nitriles is 1. The van der Waals surface area contributed by atoms with E-state index in [-0.39, 0.29) is 17.0 Å². The van der Waals surface area contributed by atoms with Gasteiger partial charge in [0.2, 0.25) is 5.88 Å². The van der Waals surface area contributed by atoms with Gasteiger partial charge >= 0.3 is 0 Å². The van der Waals surface area contributed by atoms with E-state index in [9.17, 15) is 10.1 Å². The summed E-state index contributed by atoms with van der Waals surface area (Å²) >= 11 is 0. The standard InChI is InChI=1S/C17H22N4O2/c1-12-14(15(22)19-11-17(2,3)20(4)5)13(10-18)16(23-12)21-8-6-7-9-21/h6-9H,11H2,1-5H3,(H,19,22). The van der Waals surface area contributed by atoms with E-state index in [4.69, 9.17) is 4.42 Å². The van der Waals surface area contributed by atoms with Gasteiger partial charge in [0.15, 0.2) is 0 Å². The topological polar surface area (TPSA) is 74.2 Å². The van der Waals surface area contributed by atoms with Crippen LogP contribution in [-0.2, 0) is 0 Å². The Balaban J connectivity index is 2.30. The molecule has 2 aromatic heterocycles. The summed E-state index contributed by atoms with van der Waals surface area (Å²) in [5, 5.41) is 12.4. The van der Waals surface area contributed by atoms with Crippen LogP contribution in [0.2, 0.25) is 0 Å². The second kappa shape index (κ2) is 6.31. The highest BCUT2D eigenvalue weighted by atomic mass is 16.4. The number of carbonyl (C=O) groups is 1. The smallest absolute Gasteiger partial charge is 0.256 e. The molecule has 0 atom stereocenters. The molecule has 2 heterocycles. The van der Waals surface area contributed by atoms with Crippen LogP contribution in [0, 0.1) is 18.3 Å². The van der Waals surface area contributed by atoms with Gasteiger partial charge in [-0.25, -0.2) is 0 Å². The lowest BCUT2D eigenvalue weighted by molar-refractivity contribution is 0.0918. The van der Waals surface area contributed by atoms with Crippen molar-refractivity contribution in [2.45, 2.75) is 26.3 Å². The predicted molar refractivity (Wildman–Crippen MR) is 87.6 cm³/mol. The van der Waals surface area contributed by atoms with Gasteiger partial charge in [-0.15, -0.1) is 0 Å². The van der Waals surface area contributed by atoms with Crippen LogP contribution in [0.3, 0.4) is 0 Å². The van der Waals surface area contributed by atoms with Crippen LogP contribution in [-0.4, -0.2) is 41.6 Å². The fourth-order valence-electron chi connectivity index (χ4n) is 2.10. The first-order valence-corrected chi connectivity index (χ1v) is 7.40. The van der Waals surface area contributed by atoms with E-state index in [0.29, 0.717) is 23.8 Å². The number of hydrogen-bond donors (Lipinski definition) is 1. The average molecular weight is 314 g/mol. The van der Waals surface area contributed by atoms with Gasteiger partial charge in [-0.1, -0.05) is 0 Å². The van der Waals surface area contributed by atoms with Crippen molar-refractivity contribution < 1.29 is 9.21 Å². The van der Waals surface area contributed by atoms with E-state index in [1.54, 1.807) is 23.9 Å². The summed E-state index contributed by atoms with van der Waals surface area (Å²) in [6.45, 7) is 6.23. The summed E-state index contributed by atoms with van der Waals surface area (Å²) in [5.41, 5.74) is 0.355. The molecule has 1 N–H and O–H groups in total. The lowest BCUT2D eigenvalue weighted by Crippen LogP contribution is -2.48. The van der Waals surface area contributed by atoms with Gasteiger partial charge in [0.05, 0.1) is 0 Å². The zero-order valence-corrected chi connectivity index (χ0v) is 14.2. The molecule has 0 spiro atoms. The van der Waals surface area contributed by atoms with Gasteiger partial charge in [-0.05, 0) is 47.0 Å². The molecule has 23 heavy (non-hydrogen) atoms. The number of nitrogens with one attached hydrogen (secondary N) is 1. The molecule has 0 saturated heterocycles. The minimum Gasteiger partial charge on any atom is -0.443 e. The van der Waals surface area contributed by atoms with E-state index in [2.05, 4.69) is 11.4 Å². The first-order chi connectivity index (χ1) is 10.8. The van der Waals surface area contributed by atoms with Gasteiger partial charge in [-0.3, -0.25) is 9.36 Å². The Morgan fingerprint density at radius 2 is 2.00 bits per heavy atom. The number of aromatic nitrogens is 1. The van der Waals surface area contributed by atoms with Crippen molar-refractivity contribution in [1.82, 2.24) is 14.8 Å². The van der Waals surface area contributed by atoms with Crippen LogP contribution >= 0.6 is 0 Å². The number of hydrogen-bond acceptors (Lipinski definition) is 4. The molecule has 2 aromatic rings. The molecule has 0 aliphatic carbocycles. The average Bonchev–Trinajstić information content (AvgIpc) is 3.11. The Kier molecular flexibility index (Phi) is 4.62. The van der Waals surface area contributed by atoms with Crippen LogP contribution in [0.4, 0.5) is 0 Å². The van der Waals surface area contributed by atoms with Crippen LogP contribution in [0.5, 0.6) is 0 Å². The third-order valence-corrected chi connectivity index (χ3v) is 4.14. The number of furan rings is 1. The minimum absolute atomic E-state index is 0.191. The second-order valence-electron chi connectivity index (χ2n) is 6.31. The molecule has 0 radical (unpaired) electrons. The quantitative estimate of drug-likeness (QED) is 0.919. The number of nitrogens with zero attached hydrogens (tertiary/aromatic N) is 3. The summed E-state index contributed by atoms with van der Waals surface area (Å²) in [5.74, 6) is 0.508. The SMILES string of the molecule is Cc1oc(-n2cccc2)c(C#N)c1C(=O)NCC(C)(C)N(C)C. The fourth-order valence-corrected chi connectivity index (χ4v) is 2.10. The molecular weight excluding hydrogens is 292 g/mol. The van der Waals surface area contributed by atoms with Crippen LogP contribution < -0.4 is 5.32 Å². The summed E-state index contributed by atoms with van der Waals surface area (Å²) < 4.78 is 7.34. The second-order valence-corrected chi connectivity index (χ2v) is 6.31. The van der Waals surface area contributed by atoms with Gasteiger partial charge in [0, 0.05) is 24.5 Å². The molecular formula is C17H22N4O2. The molecule has 6 nitrogen and oxygen atoms in total. The van der Waals surface area contributed by atoms with Crippen molar-refractivity contribution in [3.8, 4) is 12.0 Å². The van der Waals surface area contributed by atoms with Crippen molar-refractivity contribution in [3.63, 3.8) is 0 Å². The van der Waals surface area contributed by atoms with Crippen LogP contribution in [0.25, 0.3) is 5.88 Å². The lowest BCUT2D eigenvalue weighted by atomic mass is 10.0. The normalized spacial score (nSPS) is 11.5. The van der Waals surface area contributed by atoms with Crippen molar-refractivity contribution in [2.24, 2.45) is 0 Å². The molecule has 1 amide bonds. The van der Waals surface area contributed by atoms with E-state index in [0.717, 1.165) is 0 Å². The summed E-state index contributed by atoms with van der Waals surface area (Å²) in [7, 11) is 3.92. The maximum Gasteiger partial charge on any atom is 0.256 e. The highest BCUT2D eigenvalue weighted by molar-refractivity contribution is 5.98. The number of amides is 1. The van der Waals surface area contributed by atoms with E-state index >= 15 is 0 Å². The number of aryl methyl sites for hydroxylation is 1. The first kappa shape index (κ1) is 16.8. The van der Waals surface area contributed by atoms with Crippen molar-refractivity contribution in [1.29, 1.82) is 5.26 Å². The lowest BCUT2D eigenvalue weighted by Gasteiger charge is -2.32. The van der Waals surface area contributed by atoms with Crippen molar-refractivity contribution in [2.75, 3.05) is 20.6 Å². The first-order valence-electron chi connectivity index (χ1n) is 7.40. The molecule has 0 unspecified atom stereocenters. The van der Waals surface area contributed by atoms with E-state index in [1.807, 2.05) is 45.0 Å². The Labute approximate surface area is 136 Å². The van der Waals surface area contributed by atoms with Crippen LogP contribution in [0.1, 0.15) is 35.5 Å². The largest absolute Gasteiger partial charge is 0.443 e. The summed E-state index contributed by atoms with van der Waals surface area (Å²) in [4.78, 5) is 14.6. The molecule has 122 valence electrons. The molecule has 0 aliphatic heterocycles. The minimum atomic E-state index is -0.295. The van der Waals surface area contributed by atoms with Gasteiger partial charge < -0.3 is 14.6 Å². The highest BCUT2D eigenvalue weighted by Crippen LogP contribution is 2.25. The number of likely N-dealkylation sites (N-methyl/N-ethyl adjacent to an activating group) is 1. The zero-order valence-electron chi connectivity index (χ0n) is 14.2. The molecule has 0 fully saturated rings. The van der Waals surface area contributed by atoms with Gasteiger partial charge in [-0.2, -0.15) is 5.26 Å². The third-order valence-electron chi connectivity index (χ3n) is 4.14. The Bertz CT molecular complexity index is 733. The van der Waals surface area contributed by atoms with E-state index in [1.165, 1.54) is 0 Å². The number of rotatable bonds is 5. The van der Waals surface area contributed by atoms with Crippen molar-refractivity contribution in [3.05, 3.63) is 41.4 Å². The van der Waals surface area contributed by atoms with E-state index < -0.39 is 0 Å². The zero-order chi connectivity index (χ0) is 17.2.